The molecule has 6 aromatic rings. The van der Waals surface area contributed by atoms with Crippen LogP contribution in [0.2, 0.25) is 0 Å². The molecular weight excluding hydrogens is 703 g/mol. The molecule has 0 aliphatic heterocycles. The molecule has 3 heterocycles. The van der Waals surface area contributed by atoms with E-state index in [1.165, 1.54) is 0 Å². The molecule has 0 aliphatic rings. The second-order valence-corrected chi connectivity index (χ2v) is 9.49. The first kappa shape index (κ1) is 25.3. The van der Waals surface area contributed by atoms with Gasteiger partial charge in [0.2, 0.25) is 0 Å². The van der Waals surface area contributed by atoms with Gasteiger partial charge in [0.25, 0.3) is 0 Å². The van der Waals surface area contributed by atoms with E-state index in [0.29, 0.717) is 0 Å². The van der Waals surface area contributed by atoms with Crippen LogP contribution in [0.5, 0.6) is 0 Å². The fourth-order valence-electron chi connectivity index (χ4n) is 4.13. The molecule has 0 amide bonds. The number of benzene rings is 3. The van der Waals surface area contributed by atoms with Gasteiger partial charge in [-0.05, 0) is 93.0 Å². The van der Waals surface area contributed by atoms with Gasteiger partial charge in [0.05, 0.1) is 17.1 Å². The van der Waals surface area contributed by atoms with Gasteiger partial charge in [0, 0.05) is 43.5 Å². The van der Waals surface area contributed by atoms with Crippen molar-refractivity contribution in [3.63, 3.8) is 0 Å². The molecule has 43 heavy (non-hydrogen) atoms. The Labute approximate surface area is 278 Å². The van der Waals surface area contributed by atoms with Gasteiger partial charge in [-0.3, -0.25) is 15.0 Å². The van der Waals surface area contributed by atoms with Crippen LogP contribution in [0, 0.1) is 41.4 Å². The fraction of sp³-hybridized carbons (Fsp3) is 0.154. The Morgan fingerprint density at radius 2 is 0.651 bits per heavy atom. The van der Waals surface area contributed by atoms with E-state index in [1.54, 1.807) is 18.6 Å². The number of aromatic nitrogens is 3. The van der Waals surface area contributed by atoms with Crippen LogP contribution >= 0.6 is 0 Å². The van der Waals surface area contributed by atoms with Crippen molar-refractivity contribution in [1.29, 1.82) is 0 Å². The molecule has 0 saturated heterocycles. The van der Waals surface area contributed by atoms with Gasteiger partial charge in [-0.15, -0.1) is 0 Å². The average molecular weight is 748 g/mol. The van der Waals surface area contributed by atoms with E-state index in [-0.39, 0.29) is 61.5 Å². The minimum absolute atomic E-state index is 0. The van der Waals surface area contributed by atoms with E-state index in [0.717, 1.165) is 67.2 Å². The molecule has 0 radical (unpaired) electrons. The van der Waals surface area contributed by atoms with Crippen LogP contribution in [-0.4, -0.2) is 15.0 Å². The Hall–Kier alpha value is -4.24. The monoisotopic (exact) mass is 748 g/mol. The maximum Gasteiger partial charge on any atom is 3.00 e. The minimum atomic E-state index is 0. The topological polar surface area (TPSA) is 38.7 Å². The number of nitrogens with zero attached hydrogens (tertiary/aromatic N) is 3. The summed E-state index contributed by atoms with van der Waals surface area (Å²) in [7, 11) is 0. The molecule has 0 fully saturated rings. The first-order valence-electron chi connectivity index (χ1n) is 17.7. The van der Waals surface area contributed by atoms with Crippen LogP contribution < -0.4 is 0 Å². The molecule has 3 aromatic heterocycles. The number of pyridine rings is 3. The first-order chi connectivity index (χ1) is 23.6. The number of hydrogen-bond acceptors (Lipinski definition) is 3. The number of hydrogen-bond donors (Lipinski definition) is 0. The van der Waals surface area contributed by atoms with Crippen molar-refractivity contribution in [3.05, 3.63) is 161 Å². The van der Waals surface area contributed by atoms with Crippen LogP contribution in [0.1, 0.15) is 41.6 Å². The van der Waals surface area contributed by atoms with Gasteiger partial charge < -0.3 is 0 Å². The van der Waals surface area contributed by atoms with Crippen LogP contribution in [-0.2, 0) is 20.1 Å². The smallest absolute Gasteiger partial charge is 0.256 e. The van der Waals surface area contributed by atoms with Crippen molar-refractivity contribution in [3.8, 4) is 33.8 Å². The largest absolute Gasteiger partial charge is 3.00 e. The van der Waals surface area contributed by atoms with Crippen LogP contribution in [0.3, 0.4) is 0 Å². The molecule has 0 unspecified atom stereocenters. The molecule has 0 N–H and O–H groups in total. The van der Waals surface area contributed by atoms with Gasteiger partial charge in [0.15, 0.2) is 0 Å². The zero-order valence-electron chi connectivity index (χ0n) is 30.0. The average Bonchev–Trinajstić information content (AvgIpc) is 3.18. The summed E-state index contributed by atoms with van der Waals surface area (Å²) in [5.41, 5.74) is 10.8. The third-order valence-electron chi connectivity index (χ3n) is 6.60. The van der Waals surface area contributed by atoms with Crippen molar-refractivity contribution < 1.29 is 28.3 Å². The summed E-state index contributed by atoms with van der Waals surface area (Å²) in [4.78, 5) is 13.0. The van der Waals surface area contributed by atoms with Gasteiger partial charge in [0.1, 0.15) is 0 Å². The second kappa shape index (κ2) is 16.4. The Kier molecular flexibility index (Phi) is 9.65. The predicted molar refractivity (Wildman–Crippen MR) is 177 cm³/mol. The zero-order chi connectivity index (χ0) is 34.1. The molecule has 0 spiro atoms. The summed E-state index contributed by atoms with van der Waals surface area (Å²) >= 11 is 0. The molecule has 3 nitrogen and oxygen atoms in total. The van der Waals surface area contributed by atoms with E-state index in [1.807, 2.05) is 109 Å². The number of aryl methyl sites for hydroxylation is 3. The summed E-state index contributed by atoms with van der Waals surface area (Å²) in [5, 5.41) is 0. The molecule has 0 aliphatic carbocycles. The van der Waals surface area contributed by atoms with Crippen molar-refractivity contribution in [2.75, 3.05) is 0 Å². The van der Waals surface area contributed by atoms with E-state index >= 15 is 0 Å². The van der Waals surface area contributed by atoms with Crippen LogP contribution in [0.4, 0.5) is 0 Å². The third kappa shape index (κ3) is 8.88. The molecule has 6 rings (SSSR count). The quantitative estimate of drug-likeness (QED) is 0.181. The molecule has 4 heteroatoms. The maximum atomic E-state index is 7.55. The summed E-state index contributed by atoms with van der Waals surface area (Å²) in [6, 6.07) is 35.0. The van der Waals surface area contributed by atoms with Crippen LogP contribution in [0.25, 0.3) is 33.8 Å². The standard InChI is InChI=1S/3C13H13N.Ir/c3*1-10-8-9-14-13(11(10)2)12-6-4-3-5-7-12;/h3*3-9H,1-2H3;/q;;;+3/i3*1D,2D;. The molecular formula is C39H39IrN3+3. The van der Waals surface area contributed by atoms with Gasteiger partial charge in [-0.1, -0.05) is 91.0 Å². The third-order valence-corrected chi connectivity index (χ3v) is 6.60. The van der Waals surface area contributed by atoms with E-state index in [4.69, 9.17) is 8.22 Å². The normalized spacial score (nSPS) is 11.7. The fourth-order valence-corrected chi connectivity index (χ4v) is 4.13. The Morgan fingerprint density at radius 3 is 0.884 bits per heavy atom. The van der Waals surface area contributed by atoms with Gasteiger partial charge >= 0.3 is 20.1 Å². The molecule has 0 bridgehead atoms. The van der Waals surface area contributed by atoms with Crippen LogP contribution in [0.15, 0.2) is 128 Å². The van der Waals surface area contributed by atoms with E-state index in [9.17, 15) is 0 Å². The Balaban J connectivity index is 0.000000197. The van der Waals surface area contributed by atoms with E-state index in [2.05, 4.69) is 15.0 Å². The SMILES string of the molecule is [2H]Cc1ccnc(-c2ccccc2)c1C[2H].[2H]Cc1ccnc(-c2ccccc2)c1C[2H].[2H]Cc1ccnc(-c2ccccc2)c1C[2H].[Ir+3]. The second-order valence-electron chi connectivity index (χ2n) is 9.49. The molecule has 0 atom stereocenters. The van der Waals surface area contributed by atoms with E-state index < -0.39 is 0 Å². The first-order valence-corrected chi connectivity index (χ1v) is 13.4. The van der Waals surface area contributed by atoms with Crippen molar-refractivity contribution in [2.45, 2.75) is 41.4 Å². The van der Waals surface area contributed by atoms with Crippen molar-refractivity contribution in [2.24, 2.45) is 0 Å². The Morgan fingerprint density at radius 1 is 0.372 bits per heavy atom. The van der Waals surface area contributed by atoms with Gasteiger partial charge in [-0.25, -0.2) is 0 Å². The van der Waals surface area contributed by atoms with Gasteiger partial charge in [-0.2, -0.15) is 0 Å². The summed E-state index contributed by atoms with van der Waals surface area (Å²) in [6.45, 7) is 1.13. The van der Waals surface area contributed by atoms with Crippen molar-refractivity contribution >= 4 is 0 Å². The number of rotatable bonds is 3. The molecule has 0 saturated carbocycles. The van der Waals surface area contributed by atoms with Crippen molar-refractivity contribution in [1.82, 2.24) is 15.0 Å². The zero-order valence-corrected chi connectivity index (χ0v) is 26.4. The minimum Gasteiger partial charge on any atom is -0.256 e. The predicted octanol–water partition coefficient (Wildman–Crippen LogP) is 10.1. The summed E-state index contributed by atoms with van der Waals surface area (Å²) < 4.78 is 45.0. The molecule has 3 aromatic carbocycles. The Bertz CT molecular complexity index is 1630. The summed E-state index contributed by atoms with van der Waals surface area (Å²) in [6.07, 6.45) is 5.14. The summed E-state index contributed by atoms with van der Waals surface area (Å²) in [5.74, 6) is 0. The maximum absolute atomic E-state index is 7.55. The molecule has 216 valence electrons.